The second-order valence-corrected chi connectivity index (χ2v) is 7.20. The van der Waals surface area contributed by atoms with Crippen molar-refractivity contribution in [2.45, 2.75) is 88.9 Å². The summed E-state index contributed by atoms with van der Waals surface area (Å²) < 4.78 is 0. The molecular formula is C15H30OS. The summed E-state index contributed by atoms with van der Waals surface area (Å²) in [6.07, 6.45) is 12.9. The van der Waals surface area contributed by atoms with Gasteiger partial charge in [-0.25, -0.2) is 0 Å². The molecule has 1 nitrogen and oxygen atoms in total. The first-order valence-electron chi connectivity index (χ1n) is 7.50. The maximum absolute atomic E-state index is 10.3. The van der Waals surface area contributed by atoms with Crippen molar-refractivity contribution in [3.63, 3.8) is 0 Å². The molecule has 1 heterocycles. The summed E-state index contributed by atoms with van der Waals surface area (Å²) in [7, 11) is 0. The van der Waals surface area contributed by atoms with Gasteiger partial charge in [0.25, 0.3) is 0 Å². The fourth-order valence-corrected chi connectivity index (χ4v) is 4.00. The monoisotopic (exact) mass is 258 g/mol. The van der Waals surface area contributed by atoms with E-state index in [1.807, 2.05) is 11.8 Å². The lowest BCUT2D eigenvalue weighted by molar-refractivity contribution is 0.0519. The van der Waals surface area contributed by atoms with Gasteiger partial charge in [0.2, 0.25) is 0 Å². The Bertz CT molecular complexity index is 195. The van der Waals surface area contributed by atoms with Crippen LogP contribution in [0.15, 0.2) is 0 Å². The normalized spacial score (nSPS) is 28.8. The van der Waals surface area contributed by atoms with Crippen molar-refractivity contribution in [3.05, 3.63) is 0 Å². The highest BCUT2D eigenvalue weighted by molar-refractivity contribution is 8.00. The molecule has 0 bridgehead atoms. The van der Waals surface area contributed by atoms with Gasteiger partial charge in [-0.05, 0) is 12.8 Å². The summed E-state index contributed by atoms with van der Waals surface area (Å²) in [6.45, 7) is 4.50. The van der Waals surface area contributed by atoms with E-state index in [0.29, 0.717) is 5.25 Å². The summed E-state index contributed by atoms with van der Waals surface area (Å²) in [6, 6.07) is 0. The van der Waals surface area contributed by atoms with Crippen molar-refractivity contribution in [3.8, 4) is 0 Å². The first kappa shape index (κ1) is 15.4. The van der Waals surface area contributed by atoms with Crippen LogP contribution >= 0.6 is 11.8 Å². The fraction of sp³-hybridized carbons (Fsp3) is 1.00. The summed E-state index contributed by atoms with van der Waals surface area (Å²) in [5.41, 5.74) is -0.327. The lowest BCUT2D eigenvalue weighted by atomic mass is 9.93. The van der Waals surface area contributed by atoms with Crippen LogP contribution in [0.1, 0.15) is 78.1 Å². The molecule has 2 atom stereocenters. The Morgan fingerprint density at radius 1 is 1.06 bits per heavy atom. The Labute approximate surface area is 112 Å². The largest absolute Gasteiger partial charge is 0.389 e. The van der Waals surface area contributed by atoms with Crippen LogP contribution in [-0.4, -0.2) is 21.7 Å². The molecule has 2 unspecified atom stereocenters. The van der Waals surface area contributed by atoms with Gasteiger partial charge in [-0.1, -0.05) is 65.2 Å². The van der Waals surface area contributed by atoms with Crippen molar-refractivity contribution >= 4 is 11.8 Å². The molecule has 102 valence electrons. The fourth-order valence-electron chi connectivity index (χ4n) is 2.71. The lowest BCUT2D eigenvalue weighted by Gasteiger charge is -2.21. The van der Waals surface area contributed by atoms with E-state index in [1.54, 1.807) is 0 Å². The van der Waals surface area contributed by atoms with E-state index in [1.165, 1.54) is 51.4 Å². The van der Waals surface area contributed by atoms with Gasteiger partial charge in [-0.15, -0.1) is 0 Å². The Hall–Kier alpha value is 0.310. The van der Waals surface area contributed by atoms with E-state index >= 15 is 0 Å². The topological polar surface area (TPSA) is 20.2 Å². The van der Waals surface area contributed by atoms with E-state index in [2.05, 4.69) is 13.8 Å². The number of hydrogen-bond acceptors (Lipinski definition) is 2. The van der Waals surface area contributed by atoms with E-state index in [0.717, 1.165) is 18.6 Å². The summed E-state index contributed by atoms with van der Waals surface area (Å²) in [4.78, 5) is 0. The minimum atomic E-state index is -0.327. The third kappa shape index (κ3) is 6.71. The Balaban J connectivity index is 1.90. The minimum absolute atomic E-state index is 0.327. The van der Waals surface area contributed by atoms with Crippen LogP contribution in [0.5, 0.6) is 0 Å². The Kier molecular flexibility index (Phi) is 7.61. The number of aliphatic hydroxyl groups is 1. The first-order chi connectivity index (χ1) is 8.16. The number of unbranched alkanes of at least 4 members (excludes halogenated alkanes) is 7. The molecule has 17 heavy (non-hydrogen) atoms. The zero-order chi connectivity index (χ0) is 12.6. The van der Waals surface area contributed by atoms with Gasteiger partial charge >= 0.3 is 0 Å². The van der Waals surface area contributed by atoms with Crippen LogP contribution in [0.25, 0.3) is 0 Å². The van der Waals surface area contributed by atoms with Crippen LogP contribution in [0, 0.1) is 0 Å². The Morgan fingerprint density at radius 2 is 1.65 bits per heavy atom. The molecule has 0 aromatic heterocycles. The quantitative estimate of drug-likeness (QED) is 0.601. The first-order valence-corrected chi connectivity index (χ1v) is 8.55. The zero-order valence-electron chi connectivity index (χ0n) is 11.7. The summed E-state index contributed by atoms with van der Waals surface area (Å²) >= 11 is 1.93. The second kappa shape index (κ2) is 8.42. The van der Waals surface area contributed by atoms with Crippen molar-refractivity contribution in [1.29, 1.82) is 0 Å². The maximum atomic E-state index is 10.3. The molecule has 1 N–H and O–H groups in total. The third-order valence-corrected chi connectivity index (χ3v) is 5.24. The molecule has 0 amide bonds. The van der Waals surface area contributed by atoms with E-state index in [4.69, 9.17) is 0 Å². The number of hydrogen-bond donors (Lipinski definition) is 1. The Morgan fingerprint density at radius 3 is 2.18 bits per heavy atom. The van der Waals surface area contributed by atoms with Gasteiger partial charge in [0.1, 0.15) is 0 Å². The lowest BCUT2D eigenvalue weighted by Crippen LogP contribution is -2.28. The van der Waals surface area contributed by atoms with Crippen molar-refractivity contribution < 1.29 is 5.11 Å². The van der Waals surface area contributed by atoms with Crippen molar-refractivity contribution in [1.82, 2.24) is 0 Å². The second-order valence-electron chi connectivity index (χ2n) is 5.77. The maximum Gasteiger partial charge on any atom is 0.0748 e. The average Bonchev–Trinajstić information content (AvgIpc) is 2.63. The molecule has 0 aliphatic carbocycles. The van der Waals surface area contributed by atoms with Crippen molar-refractivity contribution in [2.24, 2.45) is 0 Å². The number of rotatable bonds is 9. The molecule has 0 saturated carbocycles. The summed E-state index contributed by atoms with van der Waals surface area (Å²) in [5.74, 6) is 0.963. The van der Waals surface area contributed by atoms with E-state index in [9.17, 15) is 5.11 Å². The average molecular weight is 258 g/mol. The van der Waals surface area contributed by atoms with Crippen LogP contribution in [0.3, 0.4) is 0 Å². The van der Waals surface area contributed by atoms with E-state index in [-0.39, 0.29) is 5.60 Å². The molecule has 0 radical (unpaired) electrons. The van der Waals surface area contributed by atoms with Crippen LogP contribution in [0.2, 0.25) is 0 Å². The molecule has 1 fully saturated rings. The smallest absolute Gasteiger partial charge is 0.0748 e. The minimum Gasteiger partial charge on any atom is -0.389 e. The number of thioether (sulfide) groups is 1. The van der Waals surface area contributed by atoms with Crippen LogP contribution < -0.4 is 0 Å². The molecule has 1 aliphatic heterocycles. The molecule has 0 aromatic rings. The molecular weight excluding hydrogens is 228 g/mol. The van der Waals surface area contributed by atoms with Crippen LogP contribution in [0.4, 0.5) is 0 Å². The summed E-state index contributed by atoms with van der Waals surface area (Å²) in [5, 5.41) is 11.0. The highest BCUT2D eigenvalue weighted by Gasteiger charge is 2.34. The third-order valence-electron chi connectivity index (χ3n) is 3.80. The zero-order valence-corrected chi connectivity index (χ0v) is 12.5. The predicted octanol–water partition coefficient (Wildman–Crippen LogP) is 4.77. The van der Waals surface area contributed by atoms with Gasteiger partial charge in [0.05, 0.1) is 5.60 Å². The molecule has 0 spiro atoms. The van der Waals surface area contributed by atoms with Gasteiger partial charge in [-0.2, -0.15) is 11.8 Å². The highest BCUT2D eigenvalue weighted by atomic mass is 32.2. The highest BCUT2D eigenvalue weighted by Crippen LogP contribution is 2.37. The molecule has 0 aromatic carbocycles. The standard InChI is InChI=1S/C15H30OS/c1-3-4-5-6-7-8-9-10-11-15(16)12-14(2)17-13-15/h14,16H,3-13H2,1-2H3. The predicted molar refractivity (Wildman–Crippen MR) is 78.7 cm³/mol. The van der Waals surface area contributed by atoms with Crippen LogP contribution in [-0.2, 0) is 0 Å². The molecule has 2 heteroatoms. The van der Waals surface area contributed by atoms with Gasteiger partial charge < -0.3 is 5.11 Å². The van der Waals surface area contributed by atoms with Gasteiger partial charge in [0, 0.05) is 11.0 Å². The van der Waals surface area contributed by atoms with E-state index < -0.39 is 0 Å². The molecule has 1 saturated heterocycles. The van der Waals surface area contributed by atoms with Gasteiger partial charge in [-0.3, -0.25) is 0 Å². The SMILES string of the molecule is CCCCCCCCCCC1(O)CSC(C)C1. The molecule has 1 rings (SSSR count). The van der Waals surface area contributed by atoms with Crippen molar-refractivity contribution in [2.75, 3.05) is 5.75 Å². The molecule has 1 aliphatic rings. The van der Waals surface area contributed by atoms with Gasteiger partial charge in [0.15, 0.2) is 0 Å².